The molecule has 0 radical (unpaired) electrons. The highest BCUT2D eigenvalue weighted by atomic mass is 16.1. The van der Waals surface area contributed by atoms with Gasteiger partial charge in [-0.05, 0) is 23.8 Å². The third-order valence-corrected chi connectivity index (χ3v) is 3.12. The average molecular weight is 269 g/mol. The van der Waals surface area contributed by atoms with Crippen molar-refractivity contribution in [3.63, 3.8) is 0 Å². The van der Waals surface area contributed by atoms with Crippen LogP contribution in [-0.4, -0.2) is 20.0 Å². The van der Waals surface area contributed by atoms with Crippen molar-refractivity contribution in [1.29, 1.82) is 0 Å². The van der Waals surface area contributed by atoms with Gasteiger partial charge in [-0.3, -0.25) is 4.79 Å². The van der Waals surface area contributed by atoms with Crippen LogP contribution in [0.15, 0.2) is 48.5 Å². The van der Waals surface area contributed by atoms with Crippen molar-refractivity contribution in [1.82, 2.24) is 5.32 Å². The van der Waals surface area contributed by atoms with Gasteiger partial charge in [-0.1, -0.05) is 30.3 Å². The summed E-state index contributed by atoms with van der Waals surface area (Å²) in [6.45, 7) is 0.424. The minimum atomic E-state index is -0.0995. The molecular weight excluding hydrogens is 250 g/mol. The van der Waals surface area contributed by atoms with E-state index in [-0.39, 0.29) is 5.91 Å². The van der Waals surface area contributed by atoms with Crippen LogP contribution in [0.1, 0.15) is 15.9 Å². The van der Waals surface area contributed by atoms with E-state index in [9.17, 15) is 4.79 Å². The Morgan fingerprint density at radius 2 is 1.75 bits per heavy atom. The average Bonchev–Trinajstić information content (AvgIpc) is 2.46. The van der Waals surface area contributed by atoms with Crippen LogP contribution >= 0.6 is 0 Å². The molecule has 1 amide bonds. The maximum atomic E-state index is 12.3. The molecule has 0 heterocycles. The van der Waals surface area contributed by atoms with Gasteiger partial charge in [-0.2, -0.15) is 0 Å². The van der Waals surface area contributed by atoms with Crippen LogP contribution in [0.4, 0.5) is 11.4 Å². The molecule has 2 aromatic rings. The number of hydrogen-bond acceptors (Lipinski definition) is 3. The Kier molecular flexibility index (Phi) is 4.25. The molecule has 0 unspecified atom stereocenters. The van der Waals surface area contributed by atoms with Crippen molar-refractivity contribution < 1.29 is 4.79 Å². The Morgan fingerprint density at radius 3 is 2.45 bits per heavy atom. The summed E-state index contributed by atoms with van der Waals surface area (Å²) in [6.07, 6.45) is 0. The number of nitrogens with one attached hydrogen (secondary N) is 1. The Morgan fingerprint density at radius 1 is 1.10 bits per heavy atom. The van der Waals surface area contributed by atoms with Crippen LogP contribution in [0, 0.1) is 0 Å². The van der Waals surface area contributed by atoms with Gasteiger partial charge in [-0.15, -0.1) is 0 Å². The van der Waals surface area contributed by atoms with Crippen LogP contribution in [0.25, 0.3) is 0 Å². The van der Waals surface area contributed by atoms with Crippen molar-refractivity contribution in [3.8, 4) is 0 Å². The summed E-state index contributed by atoms with van der Waals surface area (Å²) in [4.78, 5) is 14.2. The third-order valence-electron chi connectivity index (χ3n) is 3.12. The molecule has 0 atom stereocenters. The van der Waals surface area contributed by atoms with E-state index >= 15 is 0 Å². The Labute approximate surface area is 119 Å². The number of nitrogen functional groups attached to an aromatic ring is 1. The molecule has 20 heavy (non-hydrogen) atoms. The number of para-hydroxylation sites is 2. The molecule has 0 saturated heterocycles. The lowest BCUT2D eigenvalue weighted by Crippen LogP contribution is -2.25. The fourth-order valence-corrected chi connectivity index (χ4v) is 2.02. The zero-order valence-electron chi connectivity index (χ0n) is 11.8. The largest absolute Gasteiger partial charge is 0.398 e. The molecule has 4 nitrogen and oxygen atoms in total. The summed E-state index contributed by atoms with van der Waals surface area (Å²) in [5.74, 6) is -0.0995. The first-order valence-corrected chi connectivity index (χ1v) is 6.47. The Bertz CT molecular complexity index is 608. The monoisotopic (exact) mass is 269 g/mol. The van der Waals surface area contributed by atoms with E-state index in [0.29, 0.717) is 17.8 Å². The number of nitrogens with two attached hydrogens (primary N) is 1. The first-order chi connectivity index (χ1) is 9.59. The Hall–Kier alpha value is -2.49. The molecule has 0 aromatic heterocycles. The van der Waals surface area contributed by atoms with E-state index in [1.54, 1.807) is 0 Å². The summed E-state index contributed by atoms with van der Waals surface area (Å²) in [7, 11) is 3.84. The molecule has 104 valence electrons. The minimum absolute atomic E-state index is 0.0995. The van der Waals surface area contributed by atoms with Gasteiger partial charge in [0.1, 0.15) is 0 Å². The van der Waals surface area contributed by atoms with Crippen molar-refractivity contribution in [3.05, 3.63) is 59.7 Å². The van der Waals surface area contributed by atoms with Gasteiger partial charge in [-0.25, -0.2) is 0 Å². The molecule has 0 aliphatic heterocycles. The van der Waals surface area contributed by atoms with Crippen LogP contribution in [-0.2, 0) is 6.54 Å². The number of carbonyl (C=O) groups is 1. The lowest BCUT2D eigenvalue weighted by molar-refractivity contribution is 0.0951. The molecule has 0 aliphatic rings. The van der Waals surface area contributed by atoms with Crippen molar-refractivity contribution in [2.45, 2.75) is 6.54 Å². The molecule has 2 aromatic carbocycles. The predicted molar refractivity (Wildman–Crippen MR) is 82.8 cm³/mol. The quantitative estimate of drug-likeness (QED) is 0.837. The van der Waals surface area contributed by atoms with Gasteiger partial charge in [0.05, 0.1) is 5.56 Å². The molecule has 0 spiro atoms. The van der Waals surface area contributed by atoms with E-state index in [1.807, 2.05) is 67.5 Å². The Balaban J connectivity index is 2.12. The summed E-state index contributed by atoms with van der Waals surface area (Å²) in [5.41, 5.74) is 9.03. The molecule has 0 aliphatic carbocycles. The van der Waals surface area contributed by atoms with E-state index in [2.05, 4.69) is 5.32 Å². The third kappa shape index (κ3) is 3.09. The van der Waals surface area contributed by atoms with Gasteiger partial charge in [0, 0.05) is 32.0 Å². The highest BCUT2D eigenvalue weighted by Gasteiger charge is 2.12. The van der Waals surface area contributed by atoms with E-state index in [4.69, 9.17) is 5.73 Å². The van der Waals surface area contributed by atoms with Gasteiger partial charge in [0.2, 0.25) is 0 Å². The highest BCUT2D eigenvalue weighted by molar-refractivity contribution is 5.99. The lowest BCUT2D eigenvalue weighted by Gasteiger charge is -2.17. The van der Waals surface area contributed by atoms with E-state index in [0.717, 1.165) is 11.3 Å². The molecular formula is C16H19N3O. The molecule has 0 fully saturated rings. The van der Waals surface area contributed by atoms with Crippen LogP contribution in [0.3, 0.4) is 0 Å². The number of hydrogen-bond donors (Lipinski definition) is 2. The van der Waals surface area contributed by atoms with Gasteiger partial charge in [0.15, 0.2) is 0 Å². The fraction of sp³-hybridized carbons (Fsp3) is 0.188. The van der Waals surface area contributed by atoms with Crippen LogP contribution in [0.5, 0.6) is 0 Å². The fourth-order valence-electron chi connectivity index (χ4n) is 2.02. The number of anilines is 2. The summed E-state index contributed by atoms with van der Waals surface area (Å²) in [6, 6.07) is 15.0. The standard InChI is InChI=1S/C16H19N3O/c1-19(2)15-10-6-4-8-13(15)16(20)18-11-12-7-3-5-9-14(12)17/h3-10H,11,17H2,1-2H3,(H,18,20). The normalized spacial score (nSPS) is 10.1. The zero-order valence-corrected chi connectivity index (χ0v) is 11.8. The van der Waals surface area contributed by atoms with E-state index in [1.165, 1.54) is 0 Å². The van der Waals surface area contributed by atoms with Gasteiger partial charge < -0.3 is 16.0 Å². The van der Waals surface area contributed by atoms with Crippen molar-refractivity contribution in [2.75, 3.05) is 24.7 Å². The van der Waals surface area contributed by atoms with E-state index < -0.39 is 0 Å². The zero-order chi connectivity index (χ0) is 14.5. The van der Waals surface area contributed by atoms with Crippen molar-refractivity contribution in [2.24, 2.45) is 0 Å². The lowest BCUT2D eigenvalue weighted by atomic mass is 10.1. The second-order valence-electron chi connectivity index (χ2n) is 4.79. The molecule has 0 bridgehead atoms. The number of benzene rings is 2. The smallest absolute Gasteiger partial charge is 0.253 e. The highest BCUT2D eigenvalue weighted by Crippen LogP contribution is 2.18. The maximum absolute atomic E-state index is 12.3. The van der Waals surface area contributed by atoms with Crippen LogP contribution < -0.4 is 16.0 Å². The van der Waals surface area contributed by atoms with Crippen molar-refractivity contribution >= 4 is 17.3 Å². The topological polar surface area (TPSA) is 58.4 Å². The number of amides is 1. The van der Waals surface area contributed by atoms with Crippen LogP contribution in [0.2, 0.25) is 0 Å². The number of rotatable bonds is 4. The second kappa shape index (κ2) is 6.10. The number of carbonyl (C=O) groups excluding carboxylic acids is 1. The number of nitrogens with zero attached hydrogens (tertiary/aromatic N) is 1. The summed E-state index contributed by atoms with van der Waals surface area (Å²) >= 11 is 0. The molecule has 4 heteroatoms. The molecule has 0 saturated carbocycles. The summed E-state index contributed by atoms with van der Waals surface area (Å²) in [5, 5.41) is 2.91. The van der Waals surface area contributed by atoms with Gasteiger partial charge in [0.25, 0.3) is 5.91 Å². The minimum Gasteiger partial charge on any atom is -0.398 e. The van der Waals surface area contributed by atoms with Gasteiger partial charge >= 0.3 is 0 Å². The SMILES string of the molecule is CN(C)c1ccccc1C(=O)NCc1ccccc1N. The maximum Gasteiger partial charge on any atom is 0.253 e. The first-order valence-electron chi connectivity index (χ1n) is 6.47. The summed E-state index contributed by atoms with van der Waals surface area (Å²) < 4.78 is 0. The second-order valence-corrected chi connectivity index (χ2v) is 4.79. The molecule has 2 rings (SSSR count). The predicted octanol–water partition coefficient (Wildman–Crippen LogP) is 2.26. The molecule has 3 N–H and O–H groups in total. The first kappa shape index (κ1) is 13.9.